The van der Waals surface area contributed by atoms with Gasteiger partial charge in [0.2, 0.25) is 0 Å². The molecule has 4 nitrogen and oxygen atoms in total. The molecule has 0 saturated carbocycles. The smallest absolute Gasteiger partial charge is 0.193 e. The van der Waals surface area contributed by atoms with E-state index < -0.39 is 5.82 Å². The van der Waals surface area contributed by atoms with Crippen LogP contribution in [0, 0.1) is 17.6 Å². The Balaban J connectivity index is 1.75. The molecule has 1 fully saturated rings. The van der Waals surface area contributed by atoms with Gasteiger partial charge in [-0.1, -0.05) is 0 Å². The Labute approximate surface area is 142 Å². The van der Waals surface area contributed by atoms with Crippen LogP contribution in [-0.2, 0) is 11.2 Å². The third kappa shape index (κ3) is 5.74. The SMILES string of the molecule is CN=C(NCCc1cc(F)ccc1F)N(C)CCC1CCOCC1. The Hall–Kier alpha value is -1.69. The second-order valence-electron chi connectivity index (χ2n) is 6.23. The van der Waals surface area contributed by atoms with E-state index in [1.807, 2.05) is 7.05 Å². The minimum Gasteiger partial charge on any atom is -0.381 e. The summed E-state index contributed by atoms with van der Waals surface area (Å²) >= 11 is 0. The summed E-state index contributed by atoms with van der Waals surface area (Å²) in [6.45, 7) is 3.15. The van der Waals surface area contributed by atoms with Crippen LogP contribution in [0.15, 0.2) is 23.2 Å². The highest BCUT2D eigenvalue weighted by Gasteiger charge is 2.15. The molecule has 1 aromatic rings. The summed E-state index contributed by atoms with van der Waals surface area (Å²) in [5.41, 5.74) is 0.378. The number of nitrogens with one attached hydrogen (secondary N) is 1. The monoisotopic (exact) mass is 339 g/mol. The van der Waals surface area contributed by atoms with Crippen LogP contribution in [0.25, 0.3) is 0 Å². The molecule has 1 aliphatic rings. The predicted molar refractivity (Wildman–Crippen MR) is 92.2 cm³/mol. The maximum atomic E-state index is 13.6. The van der Waals surface area contributed by atoms with Crippen molar-refractivity contribution in [1.29, 1.82) is 0 Å². The first kappa shape index (κ1) is 18.6. The number of guanidine groups is 1. The Morgan fingerprint density at radius 3 is 2.79 bits per heavy atom. The van der Waals surface area contributed by atoms with Gasteiger partial charge in [-0.25, -0.2) is 8.78 Å². The zero-order valence-electron chi connectivity index (χ0n) is 14.5. The van der Waals surface area contributed by atoms with Crippen LogP contribution in [0.3, 0.4) is 0 Å². The zero-order chi connectivity index (χ0) is 17.4. The lowest BCUT2D eigenvalue weighted by Gasteiger charge is -2.26. The molecule has 24 heavy (non-hydrogen) atoms. The van der Waals surface area contributed by atoms with E-state index in [0.717, 1.165) is 51.0 Å². The van der Waals surface area contributed by atoms with Gasteiger partial charge in [0.15, 0.2) is 5.96 Å². The van der Waals surface area contributed by atoms with E-state index >= 15 is 0 Å². The molecule has 134 valence electrons. The fourth-order valence-corrected chi connectivity index (χ4v) is 2.95. The molecular formula is C18H27F2N3O. The summed E-state index contributed by atoms with van der Waals surface area (Å²) in [7, 11) is 3.73. The van der Waals surface area contributed by atoms with Gasteiger partial charge in [-0.15, -0.1) is 0 Å². The highest BCUT2D eigenvalue weighted by Crippen LogP contribution is 2.18. The second-order valence-corrected chi connectivity index (χ2v) is 6.23. The van der Waals surface area contributed by atoms with Gasteiger partial charge < -0.3 is 15.0 Å². The molecule has 0 bridgehead atoms. The predicted octanol–water partition coefficient (Wildman–Crippen LogP) is 2.83. The fourth-order valence-electron chi connectivity index (χ4n) is 2.95. The number of hydrogen-bond donors (Lipinski definition) is 1. The van der Waals surface area contributed by atoms with Crippen molar-refractivity contribution in [2.24, 2.45) is 10.9 Å². The molecule has 0 amide bonds. The van der Waals surface area contributed by atoms with Crippen LogP contribution in [0.1, 0.15) is 24.8 Å². The Kier molecular flexibility index (Phi) is 7.43. The highest BCUT2D eigenvalue weighted by molar-refractivity contribution is 5.79. The lowest BCUT2D eigenvalue weighted by atomic mass is 9.96. The molecule has 0 radical (unpaired) electrons. The molecule has 1 saturated heterocycles. The third-order valence-electron chi connectivity index (χ3n) is 4.47. The lowest BCUT2D eigenvalue weighted by Crippen LogP contribution is -2.40. The average Bonchev–Trinajstić information content (AvgIpc) is 2.60. The zero-order valence-corrected chi connectivity index (χ0v) is 14.5. The Bertz CT molecular complexity index is 545. The van der Waals surface area contributed by atoms with Crippen LogP contribution in [-0.4, -0.2) is 51.3 Å². The van der Waals surface area contributed by atoms with E-state index in [9.17, 15) is 8.78 Å². The average molecular weight is 339 g/mol. The van der Waals surface area contributed by atoms with Crippen molar-refractivity contribution in [2.45, 2.75) is 25.7 Å². The van der Waals surface area contributed by atoms with Gasteiger partial charge in [-0.2, -0.15) is 0 Å². The van der Waals surface area contributed by atoms with Crippen molar-refractivity contribution < 1.29 is 13.5 Å². The van der Waals surface area contributed by atoms with Gasteiger partial charge in [-0.05, 0) is 55.4 Å². The first-order chi connectivity index (χ1) is 11.6. The number of aliphatic imine (C=N–C) groups is 1. The van der Waals surface area contributed by atoms with Crippen molar-refractivity contribution >= 4 is 5.96 Å². The molecule has 1 heterocycles. The summed E-state index contributed by atoms with van der Waals surface area (Å²) in [4.78, 5) is 6.34. The molecule has 0 unspecified atom stereocenters. The molecule has 0 aromatic heterocycles. The summed E-state index contributed by atoms with van der Waals surface area (Å²) in [6, 6.07) is 3.55. The van der Waals surface area contributed by atoms with Crippen molar-refractivity contribution in [3.63, 3.8) is 0 Å². The minimum absolute atomic E-state index is 0.374. The van der Waals surface area contributed by atoms with Gasteiger partial charge in [-0.3, -0.25) is 4.99 Å². The van der Waals surface area contributed by atoms with Crippen molar-refractivity contribution in [3.05, 3.63) is 35.4 Å². The van der Waals surface area contributed by atoms with E-state index in [4.69, 9.17) is 4.74 Å². The van der Waals surface area contributed by atoms with Gasteiger partial charge in [0.05, 0.1) is 0 Å². The maximum Gasteiger partial charge on any atom is 0.193 e. The van der Waals surface area contributed by atoms with E-state index in [2.05, 4.69) is 15.2 Å². The summed E-state index contributed by atoms with van der Waals surface area (Å²) in [5, 5.41) is 3.21. The van der Waals surface area contributed by atoms with Gasteiger partial charge in [0.1, 0.15) is 11.6 Å². The van der Waals surface area contributed by atoms with Gasteiger partial charge >= 0.3 is 0 Å². The van der Waals surface area contributed by atoms with Crippen LogP contribution >= 0.6 is 0 Å². The number of rotatable bonds is 6. The summed E-state index contributed by atoms with van der Waals surface area (Å²) in [6.07, 6.45) is 3.77. The normalized spacial score (nSPS) is 16.2. The van der Waals surface area contributed by atoms with E-state index in [1.165, 1.54) is 12.1 Å². The molecule has 1 aliphatic heterocycles. The molecule has 2 rings (SSSR count). The molecular weight excluding hydrogens is 312 g/mol. The van der Waals surface area contributed by atoms with Crippen LogP contribution in [0.2, 0.25) is 0 Å². The molecule has 0 aliphatic carbocycles. The third-order valence-corrected chi connectivity index (χ3v) is 4.47. The molecule has 1 aromatic carbocycles. The Morgan fingerprint density at radius 2 is 2.08 bits per heavy atom. The minimum atomic E-state index is -0.413. The number of nitrogens with zero attached hydrogens (tertiary/aromatic N) is 2. The Morgan fingerprint density at radius 1 is 1.33 bits per heavy atom. The topological polar surface area (TPSA) is 36.9 Å². The molecule has 0 atom stereocenters. The molecule has 0 spiro atoms. The standard InChI is InChI=1S/C18H27F2N3O/c1-21-18(23(2)10-6-14-7-11-24-12-8-14)22-9-5-15-13-16(19)3-4-17(15)20/h3-4,13-14H,5-12H2,1-2H3,(H,21,22). The van der Waals surface area contributed by atoms with E-state index in [1.54, 1.807) is 7.05 Å². The first-order valence-corrected chi connectivity index (χ1v) is 8.53. The lowest BCUT2D eigenvalue weighted by molar-refractivity contribution is 0.0625. The quantitative estimate of drug-likeness (QED) is 0.640. The number of ether oxygens (including phenoxy) is 1. The number of halogens is 2. The first-order valence-electron chi connectivity index (χ1n) is 8.53. The highest BCUT2D eigenvalue weighted by atomic mass is 19.1. The van der Waals surface area contributed by atoms with Crippen LogP contribution in [0.4, 0.5) is 8.78 Å². The van der Waals surface area contributed by atoms with Crippen molar-refractivity contribution in [2.75, 3.05) is 40.4 Å². The van der Waals surface area contributed by atoms with Crippen LogP contribution in [0.5, 0.6) is 0 Å². The summed E-state index contributed by atoms with van der Waals surface area (Å²) < 4.78 is 32.2. The number of hydrogen-bond acceptors (Lipinski definition) is 2. The molecule has 1 N–H and O–H groups in total. The second kappa shape index (κ2) is 9.57. The maximum absolute atomic E-state index is 13.6. The number of benzene rings is 1. The molecule has 6 heteroatoms. The van der Waals surface area contributed by atoms with Crippen molar-refractivity contribution in [1.82, 2.24) is 10.2 Å². The fraction of sp³-hybridized carbons (Fsp3) is 0.611. The van der Waals surface area contributed by atoms with E-state index in [-0.39, 0.29) is 5.82 Å². The largest absolute Gasteiger partial charge is 0.381 e. The van der Waals surface area contributed by atoms with Gasteiger partial charge in [0, 0.05) is 40.4 Å². The summed E-state index contributed by atoms with van der Waals surface area (Å²) in [5.74, 6) is 0.699. The van der Waals surface area contributed by atoms with Crippen molar-refractivity contribution in [3.8, 4) is 0 Å². The van der Waals surface area contributed by atoms with E-state index in [0.29, 0.717) is 24.4 Å². The van der Waals surface area contributed by atoms with Gasteiger partial charge in [0.25, 0.3) is 0 Å². The van der Waals surface area contributed by atoms with Crippen LogP contribution < -0.4 is 5.32 Å².